The maximum atomic E-state index is 12.8. The molecule has 0 unspecified atom stereocenters. The van der Waals surface area contributed by atoms with Gasteiger partial charge in [-0.05, 0) is 42.5 Å². The molecular formula is C15H11ClF3NO2S. The van der Waals surface area contributed by atoms with E-state index in [1.54, 1.807) is 12.1 Å². The van der Waals surface area contributed by atoms with E-state index in [2.05, 4.69) is 10.1 Å². The highest BCUT2D eigenvalue weighted by Gasteiger charge is 2.10. The lowest BCUT2D eigenvalue weighted by Gasteiger charge is -2.09. The van der Waals surface area contributed by atoms with Crippen LogP contribution in [0.15, 0.2) is 47.4 Å². The minimum atomic E-state index is -2.97. The molecule has 2 aromatic rings. The fourth-order valence-corrected chi connectivity index (χ4v) is 2.57. The highest BCUT2D eigenvalue weighted by Crippen LogP contribution is 2.29. The van der Waals surface area contributed by atoms with E-state index in [1.165, 1.54) is 42.1 Å². The molecule has 0 saturated carbocycles. The Bertz CT molecular complexity index is 683. The quantitative estimate of drug-likeness (QED) is 0.750. The van der Waals surface area contributed by atoms with Crippen molar-refractivity contribution in [1.29, 1.82) is 0 Å². The molecule has 1 N–H and O–H groups in total. The fourth-order valence-electron chi connectivity index (χ4n) is 1.65. The first-order valence-electron chi connectivity index (χ1n) is 6.36. The number of carbonyl (C=O) groups is 1. The number of carbonyl (C=O) groups excluding carboxylic acids is 1. The highest BCUT2D eigenvalue weighted by molar-refractivity contribution is 8.00. The number of alkyl halides is 2. The Balaban J connectivity index is 1.89. The number of hydrogen-bond donors (Lipinski definition) is 1. The minimum Gasteiger partial charge on any atom is -0.433 e. The molecule has 2 aromatic carbocycles. The Morgan fingerprint density at radius 1 is 1.22 bits per heavy atom. The number of benzene rings is 2. The molecule has 0 aliphatic rings. The van der Waals surface area contributed by atoms with E-state index in [1.807, 2.05) is 0 Å². The third-order valence-electron chi connectivity index (χ3n) is 2.62. The molecule has 3 nitrogen and oxygen atoms in total. The number of halogens is 4. The molecule has 1 amide bonds. The molecule has 2 rings (SSSR count). The van der Waals surface area contributed by atoms with Gasteiger partial charge in [0.25, 0.3) is 0 Å². The predicted molar refractivity (Wildman–Crippen MR) is 83.8 cm³/mol. The topological polar surface area (TPSA) is 38.3 Å². The number of anilines is 1. The van der Waals surface area contributed by atoms with Crippen LogP contribution in [0.2, 0.25) is 5.02 Å². The molecule has 0 spiro atoms. The van der Waals surface area contributed by atoms with Crippen LogP contribution in [-0.4, -0.2) is 18.3 Å². The van der Waals surface area contributed by atoms with E-state index in [0.29, 0.717) is 5.69 Å². The third-order valence-corrected chi connectivity index (χ3v) is 3.92. The lowest BCUT2D eigenvalue weighted by Crippen LogP contribution is -2.14. The lowest BCUT2D eigenvalue weighted by molar-refractivity contribution is -0.113. The summed E-state index contributed by atoms with van der Waals surface area (Å²) in [7, 11) is 0. The summed E-state index contributed by atoms with van der Waals surface area (Å²) in [6.45, 7) is -2.97. The van der Waals surface area contributed by atoms with E-state index in [4.69, 9.17) is 11.6 Å². The monoisotopic (exact) mass is 361 g/mol. The summed E-state index contributed by atoms with van der Waals surface area (Å²) in [6.07, 6.45) is 0. The zero-order valence-electron chi connectivity index (χ0n) is 11.6. The van der Waals surface area contributed by atoms with Crippen LogP contribution in [0.1, 0.15) is 0 Å². The van der Waals surface area contributed by atoms with Crippen LogP contribution in [0, 0.1) is 5.82 Å². The van der Waals surface area contributed by atoms with Crippen LogP contribution in [0.3, 0.4) is 0 Å². The molecule has 23 heavy (non-hydrogen) atoms. The number of hydrogen-bond acceptors (Lipinski definition) is 3. The molecule has 0 heterocycles. The van der Waals surface area contributed by atoms with Gasteiger partial charge in [0, 0.05) is 10.6 Å². The minimum absolute atomic E-state index is 0.0331. The Labute approximate surface area is 139 Å². The Morgan fingerprint density at radius 2 is 1.91 bits per heavy atom. The van der Waals surface area contributed by atoms with E-state index in [-0.39, 0.29) is 28.2 Å². The van der Waals surface area contributed by atoms with E-state index in [9.17, 15) is 18.0 Å². The zero-order valence-corrected chi connectivity index (χ0v) is 13.1. The van der Waals surface area contributed by atoms with Gasteiger partial charge in [0.05, 0.1) is 10.8 Å². The van der Waals surface area contributed by atoms with Gasteiger partial charge in [0.2, 0.25) is 5.91 Å². The largest absolute Gasteiger partial charge is 0.433 e. The molecule has 8 heteroatoms. The van der Waals surface area contributed by atoms with Gasteiger partial charge >= 0.3 is 6.61 Å². The number of thioether (sulfide) groups is 1. The van der Waals surface area contributed by atoms with Crippen molar-refractivity contribution in [3.8, 4) is 5.75 Å². The Kier molecular flexibility index (Phi) is 6.18. The lowest BCUT2D eigenvalue weighted by atomic mass is 10.3. The molecule has 0 aromatic heterocycles. The summed E-state index contributed by atoms with van der Waals surface area (Å²) >= 11 is 7.03. The van der Waals surface area contributed by atoms with Crippen molar-refractivity contribution in [3.05, 3.63) is 53.3 Å². The van der Waals surface area contributed by atoms with Crippen molar-refractivity contribution in [2.45, 2.75) is 11.5 Å². The smallest absolute Gasteiger partial charge is 0.387 e. The fraction of sp³-hybridized carbons (Fsp3) is 0.133. The highest BCUT2D eigenvalue weighted by atomic mass is 35.5. The number of amides is 1. The molecule has 0 atom stereocenters. The van der Waals surface area contributed by atoms with E-state index < -0.39 is 6.61 Å². The van der Waals surface area contributed by atoms with Crippen LogP contribution in [0.4, 0.5) is 18.9 Å². The van der Waals surface area contributed by atoms with Gasteiger partial charge in [0.1, 0.15) is 11.6 Å². The van der Waals surface area contributed by atoms with Gasteiger partial charge in [-0.2, -0.15) is 8.78 Å². The van der Waals surface area contributed by atoms with Crippen LogP contribution < -0.4 is 10.1 Å². The predicted octanol–water partition coefficient (Wildman–Crippen LogP) is 4.81. The van der Waals surface area contributed by atoms with Gasteiger partial charge in [-0.1, -0.05) is 11.6 Å². The molecule has 0 fully saturated rings. The molecule has 0 bridgehead atoms. The number of ether oxygens (including phenoxy) is 1. The number of nitrogens with one attached hydrogen (secondary N) is 1. The summed E-state index contributed by atoms with van der Waals surface area (Å²) in [4.78, 5) is 12.6. The summed E-state index contributed by atoms with van der Waals surface area (Å²) in [6, 6.07) is 9.73. The molecule has 0 saturated heterocycles. The second-order valence-corrected chi connectivity index (χ2v) is 5.77. The maximum Gasteiger partial charge on any atom is 0.387 e. The molecule has 0 radical (unpaired) electrons. The van der Waals surface area contributed by atoms with Crippen molar-refractivity contribution in [2.75, 3.05) is 11.1 Å². The average Bonchev–Trinajstić information content (AvgIpc) is 2.49. The Hall–Kier alpha value is -1.86. The first-order valence-corrected chi connectivity index (χ1v) is 7.73. The van der Waals surface area contributed by atoms with E-state index in [0.717, 1.165) is 4.90 Å². The van der Waals surface area contributed by atoms with Crippen molar-refractivity contribution in [3.63, 3.8) is 0 Å². The molecule has 0 aliphatic carbocycles. The summed E-state index contributed by atoms with van der Waals surface area (Å²) in [5.74, 6) is -0.712. The summed E-state index contributed by atoms with van der Waals surface area (Å²) in [5, 5.41) is 2.55. The van der Waals surface area contributed by atoms with Gasteiger partial charge < -0.3 is 10.1 Å². The summed E-state index contributed by atoms with van der Waals surface area (Å²) in [5.41, 5.74) is 0.362. The summed E-state index contributed by atoms with van der Waals surface area (Å²) < 4.78 is 41.2. The van der Waals surface area contributed by atoms with Crippen molar-refractivity contribution in [2.24, 2.45) is 0 Å². The van der Waals surface area contributed by atoms with E-state index >= 15 is 0 Å². The first-order chi connectivity index (χ1) is 10.9. The third kappa shape index (κ3) is 5.69. The van der Waals surface area contributed by atoms with Crippen molar-refractivity contribution >= 4 is 35.0 Å². The standard InChI is InChI=1S/C15H11ClF3NO2S/c16-12-7-10(3-6-13(12)22-15(18)19)20-14(21)8-23-11-4-1-9(17)2-5-11/h1-7,15H,8H2,(H,20,21). The van der Waals surface area contributed by atoms with Crippen LogP contribution in [0.5, 0.6) is 5.75 Å². The normalized spacial score (nSPS) is 10.7. The van der Waals surface area contributed by atoms with Gasteiger partial charge in [-0.3, -0.25) is 4.79 Å². The first kappa shape index (κ1) is 17.5. The van der Waals surface area contributed by atoms with Gasteiger partial charge in [-0.25, -0.2) is 4.39 Å². The maximum absolute atomic E-state index is 12.8. The second kappa shape index (κ2) is 8.12. The number of rotatable bonds is 6. The van der Waals surface area contributed by atoms with Crippen molar-refractivity contribution in [1.82, 2.24) is 0 Å². The molecule has 122 valence electrons. The Morgan fingerprint density at radius 3 is 2.52 bits per heavy atom. The average molecular weight is 362 g/mol. The SMILES string of the molecule is O=C(CSc1ccc(F)cc1)Nc1ccc(OC(F)F)c(Cl)c1. The second-order valence-electron chi connectivity index (χ2n) is 4.31. The van der Waals surface area contributed by atoms with Gasteiger partial charge in [0.15, 0.2) is 0 Å². The van der Waals surface area contributed by atoms with Crippen LogP contribution in [-0.2, 0) is 4.79 Å². The zero-order chi connectivity index (χ0) is 16.8. The van der Waals surface area contributed by atoms with Gasteiger partial charge in [-0.15, -0.1) is 11.8 Å². The van der Waals surface area contributed by atoms with Crippen LogP contribution >= 0.6 is 23.4 Å². The molecular weight excluding hydrogens is 351 g/mol. The van der Waals surface area contributed by atoms with Crippen LogP contribution in [0.25, 0.3) is 0 Å². The van der Waals surface area contributed by atoms with Crippen molar-refractivity contribution < 1.29 is 22.7 Å². The molecule has 0 aliphatic heterocycles.